The summed E-state index contributed by atoms with van der Waals surface area (Å²) in [4.78, 5) is 17.4. The summed E-state index contributed by atoms with van der Waals surface area (Å²) in [6.07, 6.45) is 0. The Labute approximate surface area is 159 Å². The molecule has 0 radical (unpaired) electrons. The molecule has 0 aliphatic carbocycles. The van der Waals surface area contributed by atoms with Gasteiger partial charge in [-0.05, 0) is 47.2 Å². The van der Waals surface area contributed by atoms with Gasteiger partial charge >= 0.3 is 0 Å². The lowest BCUT2D eigenvalue weighted by atomic mass is 10.1. The standard InChI is InChI=1S/C21H17FN2O2S/c1-24-20(25)18-12-14-4-2-3-5-15(14)13-19(18)23-21(24)27-11-10-26-17-8-6-16(22)7-9-17/h2-9,12-13H,10-11H2,1H3. The van der Waals surface area contributed by atoms with Gasteiger partial charge in [0.15, 0.2) is 5.16 Å². The molecule has 0 aliphatic heterocycles. The van der Waals surface area contributed by atoms with Crippen molar-refractivity contribution in [2.75, 3.05) is 12.4 Å². The fourth-order valence-electron chi connectivity index (χ4n) is 2.89. The average Bonchev–Trinajstić information content (AvgIpc) is 2.69. The molecule has 136 valence electrons. The second kappa shape index (κ2) is 7.40. The SMILES string of the molecule is Cn1c(SCCOc2ccc(F)cc2)nc2cc3ccccc3cc2c1=O. The maximum Gasteiger partial charge on any atom is 0.261 e. The van der Waals surface area contributed by atoms with Crippen LogP contribution in [0.25, 0.3) is 21.7 Å². The summed E-state index contributed by atoms with van der Waals surface area (Å²) in [5, 5.41) is 3.34. The van der Waals surface area contributed by atoms with Crippen molar-refractivity contribution in [2.45, 2.75) is 5.16 Å². The van der Waals surface area contributed by atoms with Gasteiger partial charge in [0, 0.05) is 12.8 Å². The molecular weight excluding hydrogens is 363 g/mol. The molecule has 3 aromatic carbocycles. The van der Waals surface area contributed by atoms with Gasteiger partial charge in [0.25, 0.3) is 5.56 Å². The van der Waals surface area contributed by atoms with E-state index in [2.05, 4.69) is 4.98 Å². The minimum Gasteiger partial charge on any atom is -0.493 e. The van der Waals surface area contributed by atoms with Gasteiger partial charge in [-0.1, -0.05) is 36.0 Å². The third kappa shape index (κ3) is 3.66. The summed E-state index contributed by atoms with van der Waals surface area (Å²) in [5.41, 5.74) is 0.631. The van der Waals surface area contributed by atoms with Crippen LogP contribution in [0.15, 0.2) is 70.6 Å². The van der Waals surface area contributed by atoms with Gasteiger partial charge in [-0.3, -0.25) is 9.36 Å². The first kappa shape index (κ1) is 17.5. The van der Waals surface area contributed by atoms with Gasteiger partial charge in [0.05, 0.1) is 17.5 Å². The first-order chi connectivity index (χ1) is 13.1. The maximum atomic E-state index is 12.9. The molecule has 0 atom stereocenters. The zero-order valence-corrected chi connectivity index (χ0v) is 15.5. The fraction of sp³-hybridized carbons (Fsp3) is 0.143. The summed E-state index contributed by atoms with van der Waals surface area (Å²) >= 11 is 1.46. The highest BCUT2D eigenvalue weighted by Crippen LogP contribution is 2.22. The van der Waals surface area contributed by atoms with E-state index >= 15 is 0 Å². The van der Waals surface area contributed by atoms with Crippen molar-refractivity contribution in [3.8, 4) is 5.75 Å². The van der Waals surface area contributed by atoms with Crippen LogP contribution in [0.1, 0.15) is 0 Å². The number of ether oxygens (including phenoxy) is 1. The second-order valence-electron chi connectivity index (χ2n) is 6.13. The number of hydrogen-bond acceptors (Lipinski definition) is 4. The molecule has 0 N–H and O–H groups in total. The Bertz CT molecular complexity index is 1170. The molecule has 4 aromatic rings. The first-order valence-electron chi connectivity index (χ1n) is 8.52. The van der Waals surface area contributed by atoms with E-state index in [0.717, 1.165) is 10.8 Å². The van der Waals surface area contributed by atoms with Crippen molar-refractivity contribution >= 4 is 33.4 Å². The predicted molar refractivity (Wildman–Crippen MR) is 107 cm³/mol. The number of fused-ring (bicyclic) bond motifs is 2. The molecule has 0 unspecified atom stereocenters. The van der Waals surface area contributed by atoms with Crippen molar-refractivity contribution in [1.29, 1.82) is 0 Å². The predicted octanol–water partition coefficient (Wildman–Crippen LogP) is 4.40. The summed E-state index contributed by atoms with van der Waals surface area (Å²) in [6.45, 7) is 0.432. The van der Waals surface area contributed by atoms with Gasteiger partial charge in [-0.25, -0.2) is 9.37 Å². The highest BCUT2D eigenvalue weighted by atomic mass is 32.2. The molecule has 0 amide bonds. The topological polar surface area (TPSA) is 44.1 Å². The average molecular weight is 380 g/mol. The zero-order valence-electron chi connectivity index (χ0n) is 14.7. The summed E-state index contributed by atoms with van der Waals surface area (Å²) in [5.74, 6) is 0.944. The lowest BCUT2D eigenvalue weighted by Crippen LogP contribution is -2.20. The van der Waals surface area contributed by atoms with Crippen LogP contribution in [-0.4, -0.2) is 21.9 Å². The summed E-state index contributed by atoms with van der Waals surface area (Å²) < 4.78 is 20.1. The van der Waals surface area contributed by atoms with E-state index in [1.54, 1.807) is 23.7 Å². The number of benzene rings is 3. The summed E-state index contributed by atoms with van der Waals surface area (Å²) in [6, 6.07) is 17.7. The Balaban J connectivity index is 1.54. The van der Waals surface area contributed by atoms with Crippen LogP contribution in [0.4, 0.5) is 4.39 Å². The van der Waals surface area contributed by atoms with Crippen molar-refractivity contribution < 1.29 is 9.13 Å². The minimum absolute atomic E-state index is 0.0623. The van der Waals surface area contributed by atoms with Crippen LogP contribution in [-0.2, 0) is 7.05 Å². The van der Waals surface area contributed by atoms with Gasteiger partial charge in [-0.2, -0.15) is 0 Å². The molecule has 6 heteroatoms. The van der Waals surface area contributed by atoms with Gasteiger partial charge in [0.1, 0.15) is 11.6 Å². The number of hydrogen-bond donors (Lipinski definition) is 0. The molecule has 4 rings (SSSR count). The fourth-order valence-corrected chi connectivity index (χ4v) is 3.68. The highest BCUT2D eigenvalue weighted by molar-refractivity contribution is 7.99. The molecule has 0 spiro atoms. The Morgan fingerprint density at radius 3 is 2.52 bits per heavy atom. The van der Waals surface area contributed by atoms with E-state index in [0.29, 0.717) is 34.2 Å². The molecule has 0 saturated heterocycles. The van der Waals surface area contributed by atoms with Gasteiger partial charge in [0.2, 0.25) is 0 Å². The first-order valence-corrected chi connectivity index (χ1v) is 9.51. The quantitative estimate of drug-likeness (QED) is 0.223. The Kier molecular flexibility index (Phi) is 4.81. The Hall–Kier alpha value is -2.86. The number of nitrogens with zero attached hydrogens (tertiary/aromatic N) is 2. The van der Waals surface area contributed by atoms with Crippen molar-refractivity contribution in [1.82, 2.24) is 9.55 Å². The normalized spacial score (nSPS) is 11.2. The molecule has 0 saturated carbocycles. The third-order valence-corrected chi connectivity index (χ3v) is 5.29. The Morgan fingerprint density at radius 2 is 1.78 bits per heavy atom. The van der Waals surface area contributed by atoms with Crippen molar-refractivity contribution in [3.63, 3.8) is 0 Å². The maximum absolute atomic E-state index is 12.9. The molecule has 0 bridgehead atoms. The van der Waals surface area contributed by atoms with Gasteiger partial charge < -0.3 is 4.74 Å². The van der Waals surface area contributed by atoms with Crippen LogP contribution in [0.5, 0.6) is 5.75 Å². The second-order valence-corrected chi connectivity index (χ2v) is 7.19. The molecule has 4 nitrogen and oxygen atoms in total. The number of rotatable bonds is 5. The number of thioether (sulfide) groups is 1. The van der Waals surface area contributed by atoms with Crippen molar-refractivity contribution in [2.24, 2.45) is 7.05 Å². The van der Waals surface area contributed by atoms with Crippen LogP contribution >= 0.6 is 11.8 Å². The van der Waals surface area contributed by atoms with E-state index in [9.17, 15) is 9.18 Å². The molecule has 1 heterocycles. The third-order valence-electron chi connectivity index (χ3n) is 4.30. The molecular formula is C21H17FN2O2S. The Morgan fingerprint density at radius 1 is 1.07 bits per heavy atom. The number of halogens is 1. The van der Waals surface area contributed by atoms with E-state index in [1.807, 2.05) is 36.4 Å². The largest absolute Gasteiger partial charge is 0.493 e. The van der Waals surface area contributed by atoms with E-state index in [4.69, 9.17) is 4.74 Å². The van der Waals surface area contributed by atoms with E-state index in [1.165, 1.54) is 23.9 Å². The van der Waals surface area contributed by atoms with E-state index in [-0.39, 0.29) is 11.4 Å². The molecule has 1 aromatic heterocycles. The monoisotopic (exact) mass is 380 g/mol. The van der Waals surface area contributed by atoms with Gasteiger partial charge in [-0.15, -0.1) is 0 Å². The minimum atomic E-state index is -0.292. The molecule has 27 heavy (non-hydrogen) atoms. The summed E-state index contributed by atoms with van der Waals surface area (Å²) in [7, 11) is 1.73. The van der Waals surface area contributed by atoms with Crippen LogP contribution < -0.4 is 10.3 Å². The lowest BCUT2D eigenvalue weighted by molar-refractivity contribution is 0.343. The smallest absolute Gasteiger partial charge is 0.261 e. The van der Waals surface area contributed by atoms with Crippen molar-refractivity contribution in [3.05, 3.63) is 76.8 Å². The van der Waals surface area contributed by atoms with Crippen LogP contribution in [0, 0.1) is 5.82 Å². The molecule has 0 fully saturated rings. The van der Waals surface area contributed by atoms with Crippen LogP contribution in [0.3, 0.4) is 0 Å². The van der Waals surface area contributed by atoms with E-state index < -0.39 is 0 Å². The zero-order chi connectivity index (χ0) is 18.8. The highest BCUT2D eigenvalue weighted by Gasteiger charge is 2.10. The molecule has 0 aliphatic rings. The number of aromatic nitrogens is 2. The van der Waals surface area contributed by atoms with Crippen LogP contribution in [0.2, 0.25) is 0 Å². The lowest BCUT2D eigenvalue weighted by Gasteiger charge is -2.10.